The zero-order chi connectivity index (χ0) is 25.5. The third-order valence-corrected chi connectivity index (χ3v) is 6.86. The number of rotatable bonds is 8. The molecule has 0 spiro atoms. The molecular formula is C26H28F3N5O2. The highest BCUT2D eigenvalue weighted by Gasteiger charge is 2.48. The van der Waals surface area contributed by atoms with Gasteiger partial charge < -0.3 is 19.0 Å². The van der Waals surface area contributed by atoms with Crippen LogP contribution in [0.2, 0.25) is 0 Å². The van der Waals surface area contributed by atoms with Crippen LogP contribution in [0.15, 0.2) is 47.1 Å². The van der Waals surface area contributed by atoms with Crippen LogP contribution in [0.5, 0.6) is 0 Å². The fourth-order valence-electron chi connectivity index (χ4n) is 5.28. The van der Waals surface area contributed by atoms with E-state index in [-0.39, 0.29) is 29.0 Å². The molecule has 0 radical (unpaired) electrons. The molecule has 1 N–H and O–H groups in total. The molecule has 0 atom stereocenters. The molecule has 0 aliphatic heterocycles. The zero-order valence-electron chi connectivity index (χ0n) is 20.4. The van der Waals surface area contributed by atoms with Crippen molar-refractivity contribution < 1.29 is 22.3 Å². The molecule has 0 unspecified atom stereocenters. The van der Waals surface area contributed by atoms with Crippen molar-refractivity contribution in [1.82, 2.24) is 25.1 Å². The van der Waals surface area contributed by atoms with Gasteiger partial charge in [-0.15, -0.1) is 10.2 Å². The average Bonchev–Trinajstić information content (AvgIpc) is 3.45. The van der Waals surface area contributed by atoms with E-state index in [1.54, 1.807) is 25.6 Å². The van der Waals surface area contributed by atoms with Gasteiger partial charge in [0.25, 0.3) is 0 Å². The van der Waals surface area contributed by atoms with E-state index < -0.39 is 11.7 Å². The Hall–Kier alpha value is -3.24. The number of fused-ring (bicyclic) bond motifs is 1. The van der Waals surface area contributed by atoms with Crippen molar-refractivity contribution in [3.05, 3.63) is 65.2 Å². The Bertz CT molecular complexity index is 1370. The summed E-state index contributed by atoms with van der Waals surface area (Å²) in [4.78, 5) is 4.47. The number of aromatic nitrogens is 4. The first-order valence-corrected chi connectivity index (χ1v) is 11.9. The Kier molecular flexibility index (Phi) is 6.34. The molecule has 1 fully saturated rings. The minimum Gasteiger partial charge on any atom is -0.435 e. The third kappa shape index (κ3) is 4.39. The molecule has 10 heteroatoms. The van der Waals surface area contributed by atoms with Gasteiger partial charge in [0.15, 0.2) is 5.58 Å². The molecule has 1 aliphatic carbocycles. The maximum absolute atomic E-state index is 13.9. The van der Waals surface area contributed by atoms with Gasteiger partial charge in [-0.3, -0.25) is 0 Å². The molecule has 36 heavy (non-hydrogen) atoms. The Morgan fingerprint density at radius 3 is 2.69 bits per heavy atom. The number of nitrogens with zero attached hydrogens (tertiary/aromatic N) is 4. The monoisotopic (exact) mass is 499 g/mol. The van der Waals surface area contributed by atoms with Crippen molar-refractivity contribution in [3.8, 4) is 11.5 Å². The van der Waals surface area contributed by atoms with Crippen LogP contribution in [0.25, 0.3) is 22.6 Å². The summed E-state index contributed by atoms with van der Waals surface area (Å²) in [6.07, 6.45) is -1.07. The van der Waals surface area contributed by atoms with Crippen molar-refractivity contribution in [2.75, 3.05) is 20.3 Å². The average molecular weight is 500 g/mol. The van der Waals surface area contributed by atoms with Crippen LogP contribution in [0.3, 0.4) is 0 Å². The van der Waals surface area contributed by atoms with Gasteiger partial charge in [0.05, 0.1) is 12.0 Å². The maximum atomic E-state index is 13.9. The molecule has 190 valence electrons. The number of alkyl halides is 3. The van der Waals surface area contributed by atoms with Gasteiger partial charge >= 0.3 is 6.18 Å². The SMILES string of the molecule is COCCNCc1cc(C(F)(F)F)c2oc(-c3cccc(C4(c5nncn5C)CC(C)C4)c3)nc2c1. The first kappa shape index (κ1) is 24.5. The van der Waals surface area contributed by atoms with Gasteiger partial charge in [0.2, 0.25) is 5.89 Å². The van der Waals surface area contributed by atoms with E-state index in [0.29, 0.717) is 30.2 Å². The highest BCUT2D eigenvalue weighted by atomic mass is 19.4. The van der Waals surface area contributed by atoms with E-state index in [0.717, 1.165) is 30.3 Å². The second-order valence-corrected chi connectivity index (χ2v) is 9.62. The molecule has 1 aliphatic rings. The molecule has 7 nitrogen and oxygen atoms in total. The Labute approximate surface area is 206 Å². The Balaban J connectivity index is 1.54. The zero-order valence-corrected chi connectivity index (χ0v) is 20.4. The number of hydrogen-bond acceptors (Lipinski definition) is 6. The van der Waals surface area contributed by atoms with Crippen molar-refractivity contribution in [2.24, 2.45) is 13.0 Å². The first-order chi connectivity index (χ1) is 17.2. The number of oxazole rings is 1. The first-order valence-electron chi connectivity index (χ1n) is 11.9. The van der Waals surface area contributed by atoms with Crippen molar-refractivity contribution in [3.63, 3.8) is 0 Å². The molecule has 0 amide bonds. The lowest BCUT2D eigenvalue weighted by Gasteiger charge is -2.46. The number of nitrogens with one attached hydrogen (secondary N) is 1. The number of hydrogen-bond donors (Lipinski definition) is 1. The molecular weight excluding hydrogens is 471 g/mol. The van der Waals surface area contributed by atoms with Crippen LogP contribution >= 0.6 is 0 Å². The highest BCUT2D eigenvalue weighted by molar-refractivity contribution is 5.81. The van der Waals surface area contributed by atoms with Crippen LogP contribution in [-0.2, 0) is 29.9 Å². The fourth-order valence-corrected chi connectivity index (χ4v) is 5.28. The Morgan fingerprint density at radius 2 is 2.03 bits per heavy atom. The molecule has 2 aromatic heterocycles. The standard InChI is InChI=1S/C26H28F3N5O2/c1-16-12-25(13-16,24-33-31-15-34(24)2)19-6-4-5-18(11-19)23-32-21-10-17(14-30-7-8-35-3)9-20(22(21)36-23)26(27,28)29/h4-6,9-11,15-16,30H,7-8,12-14H2,1-3H3. The normalized spacial score (nSPS) is 20.1. The summed E-state index contributed by atoms with van der Waals surface area (Å²) in [6, 6.07) is 10.4. The van der Waals surface area contributed by atoms with Crippen molar-refractivity contribution in [2.45, 2.75) is 37.9 Å². The lowest BCUT2D eigenvalue weighted by molar-refractivity contribution is -0.136. The summed E-state index contributed by atoms with van der Waals surface area (Å²) in [6.45, 7) is 3.45. The Morgan fingerprint density at radius 1 is 1.22 bits per heavy atom. The van der Waals surface area contributed by atoms with Crippen LogP contribution in [0.1, 0.15) is 42.3 Å². The number of methoxy groups -OCH3 is 1. The minimum absolute atomic E-state index is 0.155. The fraction of sp³-hybridized carbons (Fsp3) is 0.423. The predicted molar refractivity (Wildman–Crippen MR) is 128 cm³/mol. The number of aryl methyl sites for hydroxylation is 1. The maximum Gasteiger partial charge on any atom is 0.420 e. The van der Waals surface area contributed by atoms with E-state index in [2.05, 4.69) is 27.4 Å². The third-order valence-electron chi connectivity index (χ3n) is 6.86. The lowest BCUT2D eigenvalue weighted by Crippen LogP contribution is -2.43. The molecule has 0 bridgehead atoms. The molecule has 2 heterocycles. The molecule has 1 saturated carbocycles. The van der Waals surface area contributed by atoms with E-state index in [1.807, 2.05) is 29.8 Å². The second kappa shape index (κ2) is 9.33. The van der Waals surface area contributed by atoms with Gasteiger partial charge in [-0.2, -0.15) is 13.2 Å². The quantitative estimate of drug-likeness (QED) is 0.340. The van der Waals surface area contributed by atoms with Crippen LogP contribution in [-0.4, -0.2) is 40.0 Å². The van der Waals surface area contributed by atoms with E-state index in [1.165, 1.54) is 0 Å². The van der Waals surface area contributed by atoms with Crippen LogP contribution in [0.4, 0.5) is 13.2 Å². The highest BCUT2D eigenvalue weighted by Crippen LogP contribution is 2.52. The summed E-state index contributed by atoms with van der Waals surface area (Å²) >= 11 is 0. The lowest BCUT2D eigenvalue weighted by atomic mass is 9.58. The molecule has 2 aromatic carbocycles. The number of halogens is 3. The smallest absolute Gasteiger partial charge is 0.420 e. The van der Waals surface area contributed by atoms with E-state index in [9.17, 15) is 13.2 Å². The molecule has 4 aromatic rings. The summed E-state index contributed by atoms with van der Waals surface area (Å²) in [5.41, 5.74) is 0.905. The number of benzene rings is 2. The summed E-state index contributed by atoms with van der Waals surface area (Å²) in [5.74, 6) is 1.56. The summed E-state index contributed by atoms with van der Waals surface area (Å²) < 4.78 is 54.4. The van der Waals surface area contributed by atoms with E-state index >= 15 is 0 Å². The van der Waals surface area contributed by atoms with Gasteiger partial charge in [0, 0.05) is 32.8 Å². The van der Waals surface area contributed by atoms with Crippen molar-refractivity contribution in [1.29, 1.82) is 0 Å². The van der Waals surface area contributed by atoms with Crippen LogP contribution < -0.4 is 5.32 Å². The minimum atomic E-state index is -4.57. The van der Waals surface area contributed by atoms with E-state index in [4.69, 9.17) is 9.15 Å². The van der Waals surface area contributed by atoms with Gasteiger partial charge in [-0.1, -0.05) is 19.1 Å². The summed E-state index contributed by atoms with van der Waals surface area (Å²) in [7, 11) is 3.49. The number of ether oxygens (including phenoxy) is 1. The van der Waals surface area contributed by atoms with Gasteiger partial charge in [-0.25, -0.2) is 4.98 Å². The largest absolute Gasteiger partial charge is 0.435 e. The predicted octanol–water partition coefficient (Wildman–Crippen LogP) is 5.09. The topological polar surface area (TPSA) is 78.0 Å². The van der Waals surface area contributed by atoms with Crippen LogP contribution in [0, 0.1) is 5.92 Å². The van der Waals surface area contributed by atoms with Crippen molar-refractivity contribution >= 4 is 11.1 Å². The molecule has 0 saturated heterocycles. The second-order valence-electron chi connectivity index (χ2n) is 9.62. The van der Waals surface area contributed by atoms with Gasteiger partial charge in [-0.05, 0) is 54.2 Å². The molecule has 5 rings (SSSR count). The summed E-state index contributed by atoms with van der Waals surface area (Å²) in [5, 5.41) is 11.5. The van der Waals surface area contributed by atoms with Gasteiger partial charge in [0.1, 0.15) is 23.2 Å².